The van der Waals surface area contributed by atoms with Crippen molar-refractivity contribution in [2.45, 2.75) is 43.7 Å². The summed E-state index contributed by atoms with van der Waals surface area (Å²) in [5.74, 6) is 0.418. The molecule has 0 radical (unpaired) electrons. The third kappa shape index (κ3) is 3.19. The number of fused-ring (bicyclic) bond motifs is 1. The smallest absolute Gasteiger partial charge is 0.0700 e. The number of benzene rings is 1. The van der Waals surface area contributed by atoms with Gasteiger partial charge in [0, 0.05) is 36.1 Å². The van der Waals surface area contributed by atoms with Gasteiger partial charge in [0.05, 0.1) is 5.60 Å². The van der Waals surface area contributed by atoms with Crippen LogP contribution in [0.4, 0.5) is 0 Å². The van der Waals surface area contributed by atoms with Crippen molar-refractivity contribution in [3.05, 3.63) is 34.3 Å². The average Bonchev–Trinajstić information content (AvgIpc) is 2.48. The van der Waals surface area contributed by atoms with Gasteiger partial charge in [0.1, 0.15) is 0 Å². The fraction of sp³-hybridized carbons (Fsp3) is 0.647. The second-order valence-electron chi connectivity index (χ2n) is 6.60. The van der Waals surface area contributed by atoms with Gasteiger partial charge >= 0.3 is 0 Å². The summed E-state index contributed by atoms with van der Waals surface area (Å²) in [6.45, 7) is 2.55. The summed E-state index contributed by atoms with van der Waals surface area (Å²) in [5, 5.41) is 10.8. The number of hydrogen-bond donors (Lipinski definition) is 2. The molecule has 3 unspecified atom stereocenters. The Hall–Kier alpha value is -0.420. The molecule has 1 saturated carbocycles. The van der Waals surface area contributed by atoms with Gasteiger partial charge in [0.25, 0.3) is 0 Å². The molecule has 1 aromatic rings. The number of nitrogens with two attached hydrogens (primary N) is 1. The van der Waals surface area contributed by atoms with Crippen LogP contribution in [0.25, 0.3) is 0 Å². The Balaban J connectivity index is 1.76. The lowest BCUT2D eigenvalue weighted by Gasteiger charge is -2.49. The van der Waals surface area contributed by atoms with E-state index in [4.69, 9.17) is 5.73 Å². The topological polar surface area (TPSA) is 49.5 Å². The van der Waals surface area contributed by atoms with Crippen molar-refractivity contribution in [3.8, 4) is 0 Å². The van der Waals surface area contributed by atoms with E-state index in [0.717, 1.165) is 36.8 Å². The van der Waals surface area contributed by atoms with Gasteiger partial charge in [-0.05, 0) is 37.0 Å². The fourth-order valence-electron chi connectivity index (χ4n) is 4.09. The van der Waals surface area contributed by atoms with E-state index in [1.54, 1.807) is 0 Å². The first-order valence-corrected chi connectivity index (χ1v) is 8.84. The van der Waals surface area contributed by atoms with Crippen molar-refractivity contribution >= 4 is 15.9 Å². The van der Waals surface area contributed by atoms with E-state index in [1.807, 2.05) is 6.07 Å². The second kappa shape index (κ2) is 6.37. The zero-order valence-electron chi connectivity index (χ0n) is 12.5. The van der Waals surface area contributed by atoms with Crippen LogP contribution in [0.5, 0.6) is 0 Å². The van der Waals surface area contributed by atoms with Gasteiger partial charge in [-0.25, -0.2) is 0 Å². The lowest BCUT2D eigenvalue weighted by Crippen LogP contribution is -2.54. The summed E-state index contributed by atoms with van der Waals surface area (Å²) in [6, 6.07) is 8.70. The highest BCUT2D eigenvalue weighted by Gasteiger charge is 2.43. The summed E-state index contributed by atoms with van der Waals surface area (Å²) >= 11 is 3.55. The standard InChI is InChI=1S/C17H25BrN2O/c18-15-6-3-4-13(10-15)16(11-19)20-9-8-17(21)7-2-1-5-14(17)12-20/h3-4,6,10,14,16,21H,1-2,5,7-9,11-12,19H2. The molecule has 3 rings (SSSR count). The number of rotatable bonds is 3. The van der Waals surface area contributed by atoms with Gasteiger partial charge in [0.2, 0.25) is 0 Å². The maximum atomic E-state index is 10.8. The minimum atomic E-state index is -0.412. The Morgan fingerprint density at radius 3 is 3.00 bits per heavy atom. The molecule has 3 N–H and O–H groups in total. The molecule has 116 valence electrons. The fourth-order valence-corrected chi connectivity index (χ4v) is 4.51. The molecule has 3 nitrogen and oxygen atoms in total. The minimum Gasteiger partial charge on any atom is -0.390 e. The summed E-state index contributed by atoms with van der Waals surface area (Å²) < 4.78 is 1.10. The SMILES string of the molecule is NCC(c1cccc(Br)c1)N1CCC2(O)CCCCC2C1. The van der Waals surface area contributed by atoms with Crippen LogP contribution in [0.3, 0.4) is 0 Å². The van der Waals surface area contributed by atoms with Gasteiger partial charge < -0.3 is 10.8 Å². The van der Waals surface area contributed by atoms with Crippen molar-refractivity contribution in [2.24, 2.45) is 11.7 Å². The monoisotopic (exact) mass is 352 g/mol. The van der Waals surface area contributed by atoms with Crippen LogP contribution in [-0.2, 0) is 0 Å². The van der Waals surface area contributed by atoms with E-state index in [9.17, 15) is 5.11 Å². The predicted octanol–water partition coefficient (Wildman–Crippen LogP) is 3.08. The summed E-state index contributed by atoms with van der Waals surface area (Å²) in [4.78, 5) is 2.48. The van der Waals surface area contributed by atoms with Crippen LogP contribution in [0.1, 0.15) is 43.7 Å². The van der Waals surface area contributed by atoms with Crippen molar-refractivity contribution in [1.82, 2.24) is 4.90 Å². The third-order valence-corrected chi connectivity index (χ3v) is 5.85. The van der Waals surface area contributed by atoms with Crippen molar-refractivity contribution in [1.29, 1.82) is 0 Å². The molecule has 0 bridgehead atoms. The molecule has 1 aromatic carbocycles. The number of likely N-dealkylation sites (tertiary alicyclic amines) is 1. The highest BCUT2D eigenvalue weighted by molar-refractivity contribution is 9.10. The second-order valence-corrected chi connectivity index (χ2v) is 7.51. The average molecular weight is 353 g/mol. The van der Waals surface area contributed by atoms with Crippen LogP contribution < -0.4 is 5.73 Å². The van der Waals surface area contributed by atoms with E-state index in [1.165, 1.54) is 18.4 Å². The molecule has 2 fully saturated rings. The van der Waals surface area contributed by atoms with Crippen LogP contribution in [0.2, 0.25) is 0 Å². The first-order valence-electron chi connectivity index (χ1n) is 8.04. The Morgan fingerprint density at radius 1 is 1.38 bits per heavy atom. The molecule has 3 atom stereocenters. The zero-order chi connectivity index (χ0) is 14.9. The van der Waals surface area contributed by atoms with Crippen LogP contribution in [-0.4, -0.2) is 35.2 Å². The van der Waals surface area contributed by atoms with E-state index >= 15 is 0 Å². The number of aliphatic hydroxyl groups is 1. The zero-order valence-corrected chi connectivity index (χ0v) is 14.1. The van der Waals surface area contributed by atoms with Gasteiger partial charge in [-0.3, -0.25) is 4.90 Å². The predicted molar refractivity (Wildman–Crippen MR) is 89.0 cm³/mol. The molecule has 21 heavy (non-hydrogen) atoms. The number of hydrogen-bond acceptors (Lipinski definition) is 3. The Morgan fingerprint density at radius 2 is 2.24 bits per heavy atom. The van der Waals surface area contributed by atoms with Gasteiger partial charge in [-0.1, -0.05) is 40.9 Å². The Kier molecular flexibility index (Phi) is 4.69. The molecule has 0 aromatic heterocycles. The quantitative estimate of drug-likeness (QED) is 0.878. The number of piperidine rings is 1. The van der Waals surface area contributed by atoms with E-state index in [0.29, 0.717) is 12.5 Å². The molecular formula is C17H25BrN2O. The van der Waals surface area contributed by atoms with Crippen molar-refractivity contribution in [2.75, 3.05) is 19.6 Å². The largest absolute Gasteiger partial charge is 0.390 e. The summed E-state index contributed by atoms with van der Waals surface area (Å²) in [7, 11) is 0. The van der Waals surface area contributed by atoms with E-state index in [-0.39, 0.29) is 6.04 Å². The van der Waals surface area contributed by atoms with Crippen molar-refractivity contribution in [3.63, 3.8) is 0 Å². The molecule has 0 amide bonds. The molecule has 1 saturated heterocycles. The third-order valence-electron chi connectivity index (χ3n) is 5.36. The summed E-state index contributed by atoms with van der Waals surface area (Å²) in [5.41, 5.74) is 6.93. The highest BCUT2D eigenvalue weighted by atomic mass is 79.9. The van der Waals surface area contributed by atoms with Gasteiger partial charge in [0.15, 0.2) is 0 Å². The van der Waals surface area contributed by atoms with Gasteiger partial charge in [-0.15, -0.1) is 0 Å². The number of halogens is 1. The van der Waals surface area contributed by atoms with Crippen LogP contribution in [0, 0.1) is 5.92 Å². The number of nitrogens with zero attached hydrogens (tertiary/aromatic N) is 1. The lowest BCUT2D eigenvalue weighted by molar-refractivity contribution is -0.102. The van der Waals surface area contributed by atoms with Crippen LogP contribution in [0.15, 0.2) is 28.7 Å². The minimum absolute atomic E-state index is 0.258. The maximum Gasteiger partial charge on any atom is 0.0700 e. The van der Waals surface area contributed by atoms with E-state index in [2.05, 4.69) is 39.0 Å². The summed E-state index contributed by atoms with van der Waals surface area (Å²) in [6.07, 6.45) is 5.46. The first kappa shape index (κ1) is 15.5. The molecule has 0 spiro atoms. The Labute approximate surface area is 135 Å². The van der Waals surface area contributed by atoms with E-state index < -0.39 is 5.60 Å². The van der Waals surface area contributed by atoms with Gasteiger partial charge in [-0.2, -0.15) is 0 Å². The normalized spacial score (nSPS) is 31.7. The maximum absolute atomic E-state index is 10.8. The molecular weight excluding hydrogens is 328 g/mol. The molecule has 2 aliphatic rings. The molecule has 1 aliphatic heterocycles. The molecule has 1 heterocycles. The lowest BCUT2D eigenvalue weighted by atomic mass is 9.71. The highest BCUT2D eigenvalue weighted by Crippen LogP contribution is 2.41. The Bertz CT molecular complexity index is 495. The van der Waals surface area contributed by atoms with Crippen molar-refractivity contribution < 1.29 is 5.11 Å². The molecule has 1 aliphatic carbocycles. The van der Waals surface area contributed by atoms with Crippen LogP contribution >= 0.6 is 15.9 Å². The first-order chi connectivity index (χ1) is 10.1. The molecule has 4 heteroatoms.